The highest BCUT2D eigenvalue weighted by Crippen LogP contribution is 2.31. The van der Waals surface area contributed by atoms with Crippen LogP contribution >= 0.6 is 0 Å². The average molecular weight is 308 g/mol. The second-order valence-electron chi connectivity index (χ2n) is 7.56. The third-order valence-electron chi connectivity index (χ3n) is 6.11. The molecule has 0 aromatic rings. The summed E-state index contributed by atoms with van der Waals surface area (Å²) < 4.78 is 0. The number of hydrogen-bond acceptors (Lipinski definition) is 4. The fourth-order valence-corrected chi connectivity index (χ4v) is 4.27. The van der Waals surface area contributed by atoms with Crippen LogP contribution in [-0.4, -0.2) is 97.5 Å². The van der Waals surface area contributed by atoms with Gasteiger partial charge < -0.3 is 14.7 Å². The summed E-state index contributed by atoms with van der Waals surface area (Å²) in [6.07, 6.45) is 5.70. The first-order valence-electron chi connectivity index (χ1n) is 8.99. The minimum Gasteiger partial charge on any atom is -0.340 e. The van der Waals surface area contributed by atoms with Gasteiger partial charge in [-0.05, 0) is 66.0 Å². The number of carbonyl (C=O) groups is 1. The zero-order valence-electron chi connectivity index (χ0n) is 14.4. The molecule has 0 bridgehead atoms. The van der Waals surface area contributed by atoms with Gasteiger partial charge in [-0.2, -0.15) is 0 Å². The van der Waals surface area contributed by atoms with E-state index in [0.717, 1.165) is 39.3 Å². The molecule has 3 saturated heterocycles. The molecule has 1 spiro atoms. The van der Waals surface area contributed by atoms with Crippen molar-refractivity contribution in [3.8, 4) is 0 Å². The summed E-state index contributed by atoms with van der Waals surface area (Å²) in [5.74, 6) is 0.373. The first-order chi connectivity index (χ1) is 10.6. The van der Waals surface area contributed by atoms with Gasteiger partial charge >= 0.3 is 0 Å². The third kappa shape index (κ3) is 3.47. The fraction of sp³-hybridized carbons (Fsp3) is 0.941. The maximum atomic E-state index is 12.6. The number of piperazine rings is 1. The molecule has 3 aliphatic rings. The molecule has 0 saturated carbocycles. The van der Waals surface area contributed by atoms with E-state index in [1.165, 1.54) is 38.8 Å². The summed E-state index contributed by atoms with van der Waals surface area (Å²) in [6, 6.07) is 0. The first kappa shape index (κ1) is 16.2. The average Bonchev–Trinajstić information content (AvgIpc) is 3.04. The van der Waals surface area contributed by atoms with Crippen LogP contribution in [0.15, 0.2) is 0 Å². The van der Waals surface area contributed by atoms with Gasteiger partial charge in [0.05, 0.1) is 0 Å². The van der Waals surface area contributed by atoms with Crippen LogP contribution in [0, 0.1) is 0 Å². The molecule has 0 N–H and O–H groups in total. The molecule has 3 aliphatic heterocycles. The fourth-order valence-electron chi connectivity index (χ4n) is 4.27. The zero-order chi connectivity index (χ0) is 15.6. The summed E-state index contributed by atoms with van der Waals surface area (Å²) in [7, 11) is 4.45. The van der Waals surface area contributed by atoms with Crippen molar-refractivity contribution in [3.63, 3.8) is 0 Å². The van der Waals surface area contributed by atoms with Crippen LogP contribution in [0.4, 0.5) is 0 Å². The second kappa shape index (κ2) is 6.85. The Bertz CT molecular complexity index is 386. The molecule has 22 heavy (non-hydrogen) atoms. The van der Waals surface area contributed by atoms with Gasteiger partial charge in [0.25, 0.3) is 0 Å². The molecular weight excluding hydrogens is 276 g/mol. The predicted octanol–water partition coefficient (Wildman–Crippen LogP) is 0.711. The van der Waals surface area contributed by atoms with Crippen molar-refractivity contribution in [3.05, 3.63) is 0 Å². The molecule has 0 atom stereocenters. The predicted molar refractivity (Wildman–Crippen MR) is 89.0 cm³/mol. The Morgan fingerprint density at radius 3 is 2.32 bits per heavy atom. The van der Waals surface area contributed by atoms with Gasteiger partial charge in [0.15, 0.2) is 0 Å². The Kier molecular flexibility index (Phi) is 5.05. The first-order valence-corrected chi connectivity index (χ1v) is 8.99. The van der Waals surface area contributed by atoms with Gasteiger partial charge in [0, 0.05) is 38.1 Å². The molecule has 0 aromatic heterocycles. The zero-order valence-corrected chi connectivity index (χ0v) is 14.4. The largest absolute Gasteiger partial charge is 0.340 e. The molecule has 5 heteroatoms. The van der Waals surface area contributed by atoms with Gasteiger partial charge in [-0.25, -0.2) is 0 Å². The van der Waals surface area contributed by atoms with Crippen molar-refractivity contribution < 1.29 is 4.79 Å². The van der Waals surface area contributed by atoms with Gasteiger partial charge in [0.2, 0.25) is 5.91 Å². The summed E-state index contributed by atoms with van der Waals surface area (Å²) in [4.78, 5) is 22.1. The number of likely N-dealkylation sites (N-methyl/N-ethyl adjacent to an activating group) is 1. The summed E-state index contributed by atoms with van der Waals surface area (Å²) in [5, 5.41) is 0. The summed E-state index contributed by atoms with van der Waals surface area (Å²) >= 11 is 0. The Morgan fingerprint density at radius 1 is 0.955 bits per heavy atom. The lowest BCUT2D eigenvalue weighted by Crippen LogP contribution is -2.65. The van der Waals surface area contributed by atoms with E-state index >= 15 is 0 Å². The van der Waals surface area contributed by atoms with Crippen LogP contribution in [0.25, 0.3) is 0 Å². The van der Waals surface area contributed by atoms with E-state index in [0.29, 0.717) is 12.3 Å². The molecule has 3 rings (SSSR count). The molecule has 126 valence electrons. The lowest BCUT2D eigenvalue weighted by Gasteiger charge is -2.52. The molecule has 5 nitrogen and oxygen atoms in total. The normalized spacial score (nSPS) is 27.6. The SMILES string of the molecule is CN1CCC2(CC1)CN(C(=O)CCN1CCCC1)CCN2C. The Balaban J connectivity index is 1.54. The lowest BCUT2D eigenvalue weighted by molar-refractivity contribution is -0.138. The highest BCUT2D eigenvalue weighted by atomic mass is 16.2. The highest BCUT2D eigenvalue weighted by Gasteiger charge is 2.42. The Morgan fingerprint density at radius 2 is 1.64 bits per heavy atom. The second-order valence-corrected chi connectivity index (χ2v) is 7.56. The van der Waals surface area contributed by atoms with E-state index in [4.69, 9.17) is 0 Å². The quantitative estimate of drug-likeness (QED) is 0.768. The van der Waals surface area contributed by atoms with Gasteiger partial charge in [0.1, 0.15) is 0 Å². The van der Waals surface area contributed by atoms with Crippen LogP contribution in [0.2, 0.25) is 0 Å². The maximum Gasteiger partial charge on any atom is 0.223 e. The molecule has 0 radical (unpaired) electrons. The molecule has 3 heterocycles. The highest BCUT2D eigenvalue weighted by molar-refractivity contribution is 5.76. The summed E-state index contributed by atoms with van der Waals surface area (Å²) in [6.45, 7) is 8.52. The minimum absolute atomic E-state index is 0.230. The van der Waals surface area contributed by atoms with Crippen molar-refractivity contribution in [1.29, 1.82) is 0 Å². The monoisotopic (exact) mass is 308 g/mol. The number of nitrogens with zero attached hydrogens (tertiary/aromatic N) is 4. The van der Waals surface area contributed by atoms with E-state index in [9.17, 15) is 4.79 Å². The van der Waals surface area contributed by atoms with Crippen LogP contribution in [0.5, 0.6) is 0 Å². The number of hydrogen-bond donors (Lipinski definition) is 0. The molecule has 0 unspecified atom stereocenters. The molecule has 0 aliphatic carbocycles. The van der Waals surface area contributed by atoms with Crippen LogP contribution in [0.3, 0.4) is 0 Å². The van der Waals surface area contributed by atoms with E-state index in [-0.39, 0.29) is 5.54 Å². The van der Waals surface area contributed by atoms with Crippen molar-refractivity contribution in [1.82, 2.24) is 19.6 Å². The number of amides is 1. The standard InChI is InChI=1S/C17H32N4O/c1-18-11-6-17(7-12-18)15-21(14-13-19(17)2)16(22)5-10-20-8-3-4-9-20/h3-15H2,1-2H3. The van der Waals surface area contributed by atoms with Crippen molar-refractivity contribution in [2.45, 2.75) is 37.6 Å². The van der Waals surface area contributed by atoms with E-state index in [1.807, 2.05) is 0 Å². The van der Waals surface area contributed by atoms with E-state index in [2.05, 4.69) is 33.7 Å². The lowest BCUT2D eigenvalue weighted by atomic mass is 9.84. The van der Waals surface area contributed by atoms with E-state index in [1.54, 1.807) is 0 Å². The summed E-state index contributed by atoms with van der Waals surface area (Å²) in [5.41, 5.74) is 0.230. The van der Waals surface area contributed by atoms with Gasteiger partial charge in [-0.15, -0.1) is 0 Å². The molecule has 0 aromatic carbocycles. The topological polar surface area (TPSA) is 30.0 Å². The molecule has 3 fully saturated rings. The molecule has 1 amide bonds. The van der Waals surface area contributed by atoms with E-state index < -0.39 is 0 Å². The number of likely N-dealkylation sites (tertiary alicyclic amines) is 2. The van der Waals surface area contributed by atoms with Crippen molar-refractivity contribution in [2.24, 2.45) is 0 Å². The van der Waals surface area contributed by atoms with Crippen molar-refractivity contribution >= 4 is 5.91 Å². The molecular formula is C17H32N4O. The van der Waals surface area contributed by atoms with Crippen LogP contribution in [-0.2, 0) is 4.79 Å². The third-order valence-corrected chi connectivity index (χ3v) is 6.11. The number of piperidine rings is 1. The number of carbonyl (C=O) groups excluding carboxylic acids is 1. The Hall–Kier alpha value is -0.650. The maximum absolute atomic E-state index is 12.6. The number of rotatable bonds is 3. The van der Waals surface area contributed by atoms with Crippen LogP contribution < -0.4 is 0 Å². The van der Waals surface area contributed by atoms with Gasteiger partial charge in [-0.3, -0.25) is 9.69 Å². The van der Waals surface area contributed by atoms with Crippen molar-refractivity contribution in [2.75, 3.05) is 66.5 Å². The van der Waals surface area contributed by atoms with Crippen LogP contribution in [0.1, 0.15) is 32.1 Å². The van der Waals surface area contributed by atoms with Gasteiger partial charge in [-0.1, -0.05) is 0 Å². The minimum atomic E-state index is 0.230. The smallest absolute Gasteiger partial charge is 0.223 e. The Labute approximate surface area is 135 Å².